The molecule has 2 fully saturated rings. The molecule has 1 aliphatic carbocycles. The van der Waals surface area contributed by atoms with Crippen molar-refractivity contribution in [2.24, 2.45) is 5.92 Å². The normalized spacial score (nSPS) is 26.7. The molecule has 0 N–H and O–H groups in total. The van der Waals surface area contributed by atoms with Crippen molar-refractivity contribution in [1.82, 2.24) is 4.90 Å². The highest BCUT2D eigenvalue weighted by Crippen LogP contribution is 2.28. The zero-order valence-electron chi connectivity index (χ0n) is 17.5. The lowest BCUT2D eigenvalue weighted by Crippen LogP contribution is -2.40. The number of hydrogen-bond donors (Lipinski definition) is 0. The first-order chi connectivity index (χ1) is 14.5. The van der Waals surface area contributed by atoms with Gasteiger partial charge in [-0.15, -0.1) is 0 Å². The Morgan fingerprint density at radius 1 is 1.23 bits per heavy atom. The second kappa shape index (κ2) is 11.2. The summed E-state index contributed by atoms with van der Waals surface area (Å²) in [6.45, 7) is 3.63. The molecule has 1 saturated carbocycles. The summed E-state index contributed by atoms with van der Waals surface area (Å²) in [7, 11) is 0. The summed E-state index contributed by atoms with van der Waals surface area (Å²) in [4.78, 5) is 25.7. The second-order valence-corrected chi connectivity index (χ2v) is 8.78. The summed E-state index contributed by atoms with van der Waals surface area (Å²) in [6.07, 6.45) is 6.19. The van der Waals surface area contributed by atoms with Gasteiger partial charge < -0.3 is 19.2 Å². The van der Waals surface area contributed by atoms with Crippen LogP contribution in [-0.2, 0) is 25.5 Å². The number of ether oxygens (including phenoxy) is 2. The maximum Gasteiger partial charge on any atom is 0.227 e. The van der Waals surface area contributed by atoms with Gasteiger partial charge >= 0.3 is 0 Å². The number of rotatable bonds is 9. The molecule has 1 heterocycles. The molecule has 1 aromatic rings. The van der Waals surface area contributed by atoms with Crippen LogP contribution in [0.4, 0.5) is 4.39 Å². The van der Waals surface area contributed by atoms with E-state index in [1.165, 1.54) is 18.2 Å². The number of halogens is 2. The largest absolute Gasteiger partial charge is 0.376 e. The van der Waals surface area contributed by atoms with Gasteiger partial charge in [0.1, 0.15) is 12.1 Å². The molecule has 30 heavy (non-hydrogen) atoms. The fraction of sp³-hybridized carbons (Fsp3) is 0.652. The van der Waals surface area contributed by atoms with Crippen molar-refractivity contribution in [3.63, 3.8) is 0 Å². The maximum atomic E-state index is 14.1. The smallest absolute Gasteiger partial charge is 0.227 e. The molecule has 166 valence electrons. The molecule has 0 aromatic heterocycles. The minimum absolute atomic E-state index is 0.0301. The molecule has 5 nitrogen and oxygen atoms in total. The van der Waals surface area contributed by atoms with Gasteiger partial charge in [-0.05, 0) is 62.3 Å². The van der Waals surface area contributed by atoms with E-state index in [-0.39, 0.29) is 36.5 Å². The lowest BCUT2D eigenvalue weighted by molar-refractivity contribution is -0.133. The van der Waals surface area contributed by atoms with Gasteiger partial charge in [0.05, 0.1) is 31.3 Å². The second-order valence-electron chi connectivity index (χ2n) is 8.35. The highest BCUT2D eigenvalue weighted by atomic mass is 35.5. The zero-order valence-corrected chi connectivity index (χ0v) is 18.3. The van der Waals surface area contributed by atoms with Crippen molar-refractivity contribution in [3.05, 3.63) is 34.6 Å². The van der Waals surface area contributed by atoms with Crippen molar-refractivity contribution >= 4 is 23.8 Å². The number of aldehydes is 1. The quantitative estimate of drug-likeness (QED) is 0.541. The zero-order chi connectivity index (χ0) is 21.5. The molecule has 1 aromatic carbocycles. The van der Waals surface area contributed by atoms with E-state index in [0.717, 1.165) is 38.4 Å². The predicted octanol–water partition coefficient (Wildman–Crippen LogP) is 4.19. The summed E-state index contributed by atoms with van der Waals surface area (Å²) in [6, 6.07) is 4.18. The molecule has 0 spiro atoms. The Bertz CT molecular complexity index is 723. The van der Waals surface area contributed by atoms with E-state index in [4.69, 9.17) is 21.1 Å². The third-order valence-electron chi connectivity index (χ3n) is 6.04. The van der Waals surface area contributed by atoms with E-state index >= 15 is 0 Å². The van der Waals surface area contributed by atoms with Crippen molar-refractivity contribution in [2.75, 3.05) is 19.8 Å². The van der Waals surface area contributed by atoms with Crippen LogP contribution in [0.5, 0.6) is 0 Å². The van der Waals surface area contributed by atoms with Crippen LogP contribution in [-0.4, -0.2) is 55.1 Å². The Kier molecular flexibility index (Phi) is 8.66. The molecule has 1 aliphatic heterocycles. The Balaban J connectivity index is 1.60. The van der Waals surface area contributed by atoms with E-state index in [0.29, 0.717) is 36.8 Å². The lowest BCUT2D eigenvalue weighted by Gasteiger charge is -2.29. The summed E-state index contributed by atoms with van der Waals surface area (Å²) >= 11 is 5.97. The molecule has 7 heteroatoms. The third-order valence-corrected chi connectivity index (χ3v) is 6.27. The highest BCUT2D eigenvalue weighted by Gasteiger charge is 2.36. The molecule has 1 saturated heterocycles. The number of amides is 1. The Morgan fingerprint density at radius 3 is 2.70 bits per heavy atom. The van der Waals surface area contributed by atoms with Crippen LogP contribution in [0.25, 0.3) is 0 Å². The lowest BCUT2D eigenvalue weighted by atomic mass is 9.88. The van der Waals surface area contributed by atoms with Crippen LogP contribution < -0.4 is 0 Å². The summed E-state index contributed by atoms with van der Waals surface area (Å²) < 4.78 is 26.1. The van der Waals surface area contributed by atoms with Crippen LogP contribution in [0.2, 0.25) is 5.02 Å². The fourth-order valence-electron chi connectivity index (χ4n) is 4.32. The van der Waals surface area contributed by atoms with Gasteiger partial charge in [-0.1, -0.05) is 18.5 Å². The van der Waals surface area contributed by atoms with E-state index in [2.05, 4.69) is 6.92 Å². The van der Waals surface area contributed by atoms with Gasteiger partial charge in [0.15, 0.2) is 0 Å². The number of carbonyl (C=O) groups is 2. The summed E-state index contributed by atoms with van der Waals surface area (Å²) in [5.74, 6) is -0.420. The average molecular weight is 440 g/mol. The molecular formula is C23H31ClFNO4. The first-order valence-corrected chi connectivity index (χ1v) is 11.3. The number of benzene rings is 1. The number of likely N-dealkylation sites (tertiary alicyclic amines) is 1. The van der Waals surface area contributed by atoms with E-state index < -0.39 is 5.82 Å². The molecule has 3 rings (SSSR count). The molecule has 1 unspecified atom stereocenters. The first kappa shape index (κ1) is 23.2. The van der Waals surface area contributed by atoms with Crippen molar-refractivity contribution in [2.45, 2.75) is 70.1 Å². The van der Waals surface area contributed by atoms with Gasteiger partial charge in [0, 0.05) is 24.1 Å². The van der Waals surface area contributed by atoms with Crippen LogP contribution >= 0.6 is 11.6 Å². The van der Waals surface area contributed by atoms with E-state index in [1.807, 2.05) is 0 Å². The average Bonchev–Trinajstić information content (AvgIpc) is 3.17. The molecule has 2 aliphatic rings. The monoisotopic (exact) mass is 439 g/mol. The molecular weight excluding hydrogens is 409 g/mol. The summed E-state index contributed by atoms with van der Waals surface area (Å²) in [5, 5.41) is 0.413. The molecule has 1 amide bonds. The molecule has 0 bridgehead atoms. The van der Waals surface area contributed by atoms with Gasteiger partial charge in [-0.2, -0.15) is 0 Å². The van der Waals surface area contributed by atoms with Gasteiger partial charge in [0.25, 0.3) is 0 Å². The van der Waals surface area contributed by atoms with Crippen molar-refractivity contribution < 1.29 is 23.5 Å². The topological polar surface area (TPSA) is 55.8 Å². The Morgan fingerprint density at radius 2 is 2.00 bits per heavy atom. The van der Waals surface area contributed by atoms with Crippen LogP contribution in [0.15, 0.2) is 18.2 Å². The number of nitrogens with zero attached hydrogens (tertiary/aromatic N) is 1. The molecule has 0 radical (unpaired) electrons. The van der Waals surface area contributed by atoms with Crippen LogP contribution in [0.3, 0.4) is 0 Å². The minimum atomic E-state index is -0.425. The standard InChI is InChI=1S/C23H31ClFNO4/c1-2-9-29-21-12-19(15-30-20-6-3-16(14-27)4-7-20)26(13-21)23(28)11-17-10-18(24)5-8-22(17)25/h5,8,10,14,16,19-21H,2-4,6-7,9,11-13,15H2,1H3/t16?,19?,20?,21-/m0/s1. The van der Waals surface area contributed by atoms with Gasteiger partial charge in [-0.3, -0.25) is 4.79 Å². The Labute approximate surface area is 182 Å². The van der Waals surface area contributed by atoms with Gasteiger partial charge in [0.2, 0.25) is 5.91 Å². The number of hydrogen-bond acceptors (Lipinski definition) is 4. The van der Waals surface area contributed by atoms with E-state index in [1.54, 1.807) is 4.90 Å². The third kappa shape index (κ3) is 6.25. The van der Waals surface area contributed by atoms with Crippen molar-refractivity contribution in [1.29, 1.82) is 0 Å². The van der Waals surface area contributed by atoms with E-state index in [9.17, 15) is 14.0 Å². The van der Waals surface area contributed by atoms with Crippen LogP contribution in [0, 0.1) is 11.7 Å². The highest BCUT2D eigenvalue weighted by molar-refractivity contribution is 6.30. The maximum absolute atomic E-state index is 14.1. The number of carbonyl (C=O) groups excluding carboxylic acids is 2. The molecule has 2 atom stereocenters. The first-order valence-electron chi connectivity index (χ1n) is 10.9. The summed E-state index contributed by atoms with van der Waals surface area (Å²) in [5.41, 5.74) is 0.303. The SMILES string of the molecule is CCCO[C@H]1CC(COC2CCC(C=O)CC2)N(C(=O)Cc2cc(Cl)ccc2F)C1. The van der Waals surface area contributed by atoms with Gasteiger partial charge in [-0.25, -0.2) is 4.39 Å². The van der Waals surface area contributed by atoms with Crippen molar-refractivity contribution in [3.8, 4) is 0 Å². The Hall–Kier alpha value is -1.50. The minimum Gasteiger partial charge on any atom is -0.376 e. The predicted molar refractivity (Wildman–Crippen MR) is 113 cm³/mol. The van der Waals surface area contributed by atoms with Crippen LogP contribution in [0.1, 0.15) is 51.0 Å². The fourth-order valence-corrected chi connectivity index (χ4v) is 4.52.